The molecular formula is C25H30N2O4. The number of aryl methyl sites for hydroxylation is 1. The lowest BCUT2D eigenvalue weighted by molar-refractivity contribution is 0.133. The molecule has 0 unspecified atom stereocenters. The van der Waals surface area contributed by atoms with Crippen LogP contribution in [0.3, 0.4) is 0 Å². The minimum atomic E-state index is -0.464. The summed E-state index contributed by atoms with van der Waals surface area (Å²) < 4.78 is 10.9. The van der Waals surface area contributed by atoms with Gasteiger partial charge in [-0.1, -0.05) is 30.4 Å². The lowest BCUT2D eigenvalue weighted by atomic mass is 9.95. The van der Waals surface area contributed by atoms with Crippen molar-refractivity contribution in [1.29, 1.82) is 0 Å². The number of hydrogen-bond donors (Lipinski definition) is 2. The summed E-state index contributed by atoms with van der Waals surface area (Å²) in [6.07, 6.45) is 12.7. The second-order valence-corrected chi connectivity index (χ2v) is 9.56. The van der Waals surface area contributed by atoms with Crippen molar-refractivity contribution in [2.24, 2.45) is 35.5 Å². The maximum absolute atomic E-state index is 12.3. The fourth-order valence-corrected chi connectivity index (χ4v) is 5.67. The van der Waals surface area contributed by atoms with Gasteiger partial charge in [0.15, 0.2) is 0 Å². The summed E-state index contributed by atoms with van der Waals surface area (Å²) in [7, 11) is 0. The number of allylic oxidation sites excluding steroid dienone is 4. The van der Waals surface area contributed by atoms with Crippen LogP contribution in [0, 0.1) is 42.4 Å². The average molecular weight is 423 g/mol. The van der Waals surface area contributed by atoms with Crippen LogP contribution < -0.4 is 10.6 Å². The quantitative estimate of drug-likeness (QED) is 0.592. The van der Waals surface area contributed by atoms with E-state index in [1.54, 1.807) is 12.1 Å². The third kappa shape index (κ3) is 4.48. The third-order valence-electron chi connectivity index (χ3n) is 7.41. The Balaban J connectivity index is 1.10. The van der Waals surface area contributed by atoms with E-state index in [4.69, 9.17) is 9.47 Å². The van der Waals surface area contributed by atoms with Gasteiger partial charge < -0.3 is 9.47 Å². The van der Waals surface area contributed by atoms with Crippen molar-refractivity contribution in [3.05, 3.63) is 48.1 Å². The monoisotopic (exact) mass is 422 g/mol. The van der Waals surface area contributed by atoms with Crippen LogP contribution in [0.4, 0.5) is 21.0 Å². The zero-order valence-corrected chi connectivity index (χ0v) is 17.9. The van der Waals surface area contributed by atoms with Crippen molar-refractivity contribution in [2.45, 2.75) is 32.6 Å². The molecule has 2 saturated carbocycles. The van der Waals surface area contributed by atoms with E-state index in [2.05, 4.69) is 34.9 Å². The third-order valence-corrected chi connectivity index (χ3v) is 7.41. The van der Waals surface area contributed by atoms with Gasteiger partial charge in [-0.05, 0) is 74.0 Å². The first kappa shape index (κ1) is 20.2. The van der Waals surface area contributed by atoms with Crippen molar-refractivity contribution in [2.75, 3.05) is 23.8 Å². The van der Waals surface area contributed by atoms with Crippen LogP contribution in [0.5, 0.6) is 0 Å². The molecule has 4 aliphatic rings. The molecule has 164 valence electrons. The zero-order valence-electron chi connectivity index (χ0n) is 17.9. The van der Waals surface area contributed by atoms with Crippen LogP contribution in [0.1, 0.15) is 31.2 Å². The summed E-state index contributed by atoms with van der Waals surface area (Å²) in [5.74, 6) is 3.27. The average Bonchev–Trinajstić information content (AvgIpc) is 3.55. The number of amides is 2. The fraction of sp³-hybridized carbons (Fsp3) is 0.520. The predicted molar refractivity (Wildman–Crippen MR) is 119 cm³/mol. The highest BCUT2D eigenvalue weighted by molar-refractivity contribution is 5.89. The lowest BCUT2D eigenvalue weighted by Crippen LogP contribution is -2.22. The molecule has 0 saturated heterocycles. The van der Waals surface area contributed by atoms with Crippen molar-refractivity contribution < 1.29 is 19.1 Å². The van der Waals surface area contributed by atoms with Gasteiger partial charge in [0.1, 0.15) is 0 Å². The molecule has 6 heteroatoms. The van der Waals surface area contributed by atoms with Crippen LogP contribution in [0.2, 0.25) is 0 Å². The highest BCUT2D eigenvalue weighted by Gasteiger charge is 2.37. The van der Waals surface area contributed by atoms with Crippen LogP contribution in [0.25, 0.3) is 0 Å². The molecule has 1 aromatic carbocycles. The summed E-state index contributed by atoms with van der Waals surface area (Å²) in [5.41, 5.74) is 2.10. The summed E-state index contributed by atoms with van der Waals surface area (Å²) in [5, 5.41) is 5.57. The minimum Gasteiger partial charge on any atom is -0.449 e. The molecule has 31 heavy (non-hydrogen) atoms. The van der Waals surface area contributed by atoms with E-state index in [-0.39, 0.29) is 0 Å². The molecule has 5 rings (SSSR count). The minimum absolute atomic E-state index is 0.426. The Hall–Kier alpha value is -2.76. The predicted octanol–water partition coefficient (Wildman–Crippen LogP) is 5.52. The first-order valence-electron chi connectivity index (χ1n) is 11.4. The largest absolute Gasteiger partial charge is 0.449 e. The van der Waals surface area contributed by atoms with E-state index in [1.807, 2.05) is 13.0 Å². The number of fused-ring (bicyclic) bond motifs is 4. The Kier molecular flexibility index (Phi) is 5.47. The SMILES string of the molecule is Cc1ccc(NC(=O)OC[C@@H]2C[C@H]3C=C[C@H]2C3)cc1NC(=O)OC[C@@H]1C[C@@H]2C=C[C@H]1C2. The lowest BCUT2D eigenvalue weighted by Gasteiger charge is -2.19. The van der Waals surface area contributed by atoms with Crippen molar-refractivity contribution in [1.82, 2.24) is 0 Å². The maximum Gasteiger partial charge on any atom is 0.411 e. The summed E-state index contributed by atoms with van der Waals surface area (Å²) in [4.78, 5) is 24.5. The fourth-order valence-electron chi connectivity index (χ4n) is 5.67. The number of hydrogen-bond acceptors (Lipinski definition) is 4. The van der Waals surface area contributed by atoms with Crippen molar-refractivity contribution in [3.8, 4) is 0 Å². The van der Waals surface area contributed by atoms with Gasteiger partial charge in [0.2, 0.25) is 0 Å². The maximum atomic E-state index is 12.3. The van der Waals surface area contributed by atoms with Crippen LogP contribution in [0.15, 0.2) is 42.5 Å². The molecule has 6 atom stereocenters. The van der Waals surface area contributed by atoms with E-state index in [0.29, 0.717) is 60.1 Å². The van der Waals surface area contributed by atoms with Gasteiger partial charge in [-0.3, -0.25) is 10.6 Å². The number of ether oxygens (including phenoxy) is 2. The highest BCUT2D eigenvalue weighted by atomic mass is 16.6. The van der Waals surface area contributed by atoms with E-state index < -0.39 is 12.2 Å². The molecule has 2 fully saturated rings. The molecular weight excluding hydrogens is 392 g/mol. The van der Waals surface area contributed by atoms with Crippen molar-refractivity contribution in [3.63, 3.8) is 0 Å². The van der Waals surface area contributed by atoms with Crippen LogP contribution in [-0.4, -0.2) is 25.4 Å². The molecule has 2 amide bonds. The molecule has 1 aromatic rings. The second-order valence-electron chi connectivity index (χ2n) is 9.56. The van der Waals surface area contributed by atoms with Gasteiger partial charge >= 0.3 is 12.2 Å². The molecule has 2 N–H and O–H groups in total. The number of nitrogens with one attached hydrogen (secondary N) is 2. The smallest absolute Gasteiger partial charge is 0.411 e. The first-order chi connectivity index (χ1) is 15.0. The molecule has 0 heterocycles. The normalized spacial score (nSPS) is 31.8. The van der Waals surface area contributed by atoms with E-state index in [0.717, 1.165) is 18.4 Å². The van der Waals surface area contributed by atoms with Gasteiger partial charge in [-0.25, -0.2) is 9.59 Å². The molecule has 4 aliphatic carbocycles. The van der Waals surface area contributed by atoms with E-state index >= 15 is 0 Å². The number of carbonyl (C=O) groups excluding carboxylic acids is 2. The Labute approximate surface area is 183 Å². The molecule has 0 spiro atoms. The van der Waals surface area contributed by atoms with Crippen LogP contribution in [-0.2, 0) is 9.47 Å². The van der Waals surface area contributed by atoms with Crippen molar-refractivity contribution >= 4 is 23.6 Å². The topological polar surface area (TPSA) is 76.7 Å². The Bertz CT molecular complexity index is 924. The summed E-state index contributed by atoms with van der Waals surface area (Å²) in [6, 6.07) is 5.39. The van der Waals surface area contributed by atoms with E-state index in [1.165, 1.54) is 12.8 Å². The molecule has 6 nitrogen and oxygen atoms in total. The first-order valence-corrected chi connectivity index (χ1v) is 11.4. The second kappa shape index (κ2) is 8.40. The van der Waals surface area contributed by atoms with E-state index in [9.17, 15) is 9.59 Å². The molecule has 0 radical (unpaired) electrons. The molecule has 0 aromatic heterocycles. The van der Waals surface area contributed by atoms with Gasteiger partial charge in [-0.2, -0.15) is 0 Å². The number of benzene rings is 1. The van der Waals surface area contributed by atoms with Gasteiger partial charge in [0.05, 0.1) is 13.2 Å². The number of carbonyl (C=O) groups is 2. The summed E-state index contributed by atoms with van der Waals surface area (Å²) >= 11 is 0. The zero-order chi connectivity index (χ0) is 21.4. The molecule has 4 bridgehead atoms. The number of rotatable bonds is 6. The van der Waals surface area contributed by atoms with Gasteiger partial charge in [0, 0.05) is 23.2 Å². The van der Waals surface area contributed by atoms with Gasteiger partial charge in [0.25, 0.3) is 0 Å². The Morgan fingerprint density at radius 2 is 1.42 bits per heavy atom. The highest BCUT2D eigenvalue weighted by Crippen LogP contribution is 2.44. The number of anilines is 2. The molecule has 0 aliphatic heterocycles. The Morgan fingerprint density at radius 1 is 0.839 bits per heavy atom. The summed E-state index contributed by atoms with van der Waals surface area (Å²) in [6.45, 7) is 2.79. The van der Waals surface area contributed by atoms with Gasteiger partial charge in [-0.15, -0.1) is 0 Å². The standard InChI is InChI=1S/C25H30N2O4/c1-15-2-7-22(26-24(28)30-13-20-10-16-3-5-18(20)8-16)12-23(15)27-25(29)31-14-21-11-17-4-6-19(21)9-17/h2-7,12,16-21H,8-11,13-14H2,1H3,(H,26,28)(H,27,29)/t16-,17+,18-,19-,20-,21-/m0/s1. The van der Waals surface area contributed by atoms with Crippen LogP contribution >= 0.6 is 0 Å². The Morgan fingerprint density at radius 3 is 1.94 bits per heavy atom.